The largest absolute Gasteiger partial charge is 0.389 e. The van der Waals surface area contributed by atoms with Crippen LogP contribution in [0.1, 0.15) is 39.5 Å². The number of rotatable bonds is 9. The molecule has 0 bridgehead atoms. The van der Waals surface area contributed by atoms with E-state index in [0.29, 0.717) is 19.2 Å². The predicted molar refractivity (Wildman–Crippen MR) is 79.2 cm³/mol. The van der Waals surface area contributed by atoms with Crippen molar-refractivity contribution in [1.29, 1.82) is 0 Å². The van der Waals surface area contributed by atoms with Crippen molar-refractivity contribution in [2.75, 3.05) is 31.3 Å². The standard InChI is InChI=1S/C14H29NO2S/c1-12(2)4-3-7-17-11-14(16)10-15-13-5-8-18-9-6-13/h12-16H,3-11H2,1-2H3. The molecule has 108 valence electrons. The number of hydrogen-bond acceptors (Lipinski definition) is 4. The van der Waals surface area contributed by atoms with Crippen LogP contribution in [0.25, 0.3) is 0 Å². The number of thioether (sulfide) groups is 1. The summed E-state index contributed by atoms with van der Waals surface area (Å²) in [6, 6.07) is 0.599. The lowest BCUT2D eigenvalue weighted by Gasteiger charge is -2.24. The summed E-state index contributed by atoms with van der Waals surface area (Å²) in [5.41, 5.74) is 0. The molecule has 0 radical (unpaired) electrons. The van der Waals surface area contributed by atoms with Crippen LogP contribution in [0.15, 0.2) is 0 Å². The number of hydrogen-bond donors (Lipinski definition) is 2. The molecule has 1 fully saturated rings. The average molecular weight is 275 g/mol. The van der Waals surface area contributed by atoms with E-state index in [1.165, 1.54) is 30.8 Å². The Morgan fingerprint density at radius 3 is 2.72 bits per heavy atom. The van der Waals surface area contributed by atoms with Crippen LogP contribution in [0, 0.1) is 5.92 Å². The summed E-state index contributed by atoms with van der Waals surface area (Å²) in [5.74, 6) is 3.24. The maximum atomic E-state index is 9.80. The predicted octanol–water partition coefficient (Wildman–Crippen LogP) is 2.29. The van der Waals surface area contributed by atoms with Gasteiger partial charge >= 0.3 is 0 Å². The Balaban J connectivity index is 1.91. The third kappa shape index (κ3) is 8.35. The summed E-state index contributed by atoms with van der Waals surface area (Å²) in [6.07, 6.45) is 4.39. The van der Waals surface area contributed by atoms with Gasteiger partial charge in [-0.2, -0.15) is 11.8 Å². The van der Waals surface area contributed by atoms with Gasteiger partial charge in [0.05, 0.1) is 12.7 Å². The quantitative estimate of drug-likeness (QED) is 0.634. The van der Waals surface area contributed by atoms with Crippen molar-refractivity contribution in [3.63, 3.8) is 0 Å². The third-order valence-electron chi connectivity index (χ3n) is 3.24. The highest BCUT2D eigenvalue weighted by molar-refractivity contribution is 7.99. The molecule has 0 saturated carbocycles. The van der Waals surface area contributed by atoms with Gasteiger partial charge in [0.1, 0.15) is 0 Å². The molecule has 2 N–H and O–H groups in total. The molecule has 1 atom stereocenters. The normalized spacial score (nSPS) is 19.3. The topological polar surface area (TPSA) is 41.5 Å². The molecule has 0 aromatic heterocycles. The van der Waals surface area contributed by atoms with Gasteiger partial charge in [-0.25, -0.2) is 0 Å². The smallest absolute Gasteiger partial charge is 0.0897 e. The van der Waals surface area contributed by atoms with Crippen LogP contribution >= 0.6 is 11.8 Å². The minimum absolute atomic E-state index is 0.362. The molecule has 0 spiro atoms. The van der Waals surface area contributed by atoms with E-state index in [4.69, 9.17) is 4.74 Å². The molecule has 0 aliphatic carbocycles. The van der Waals surface area contributed by atoms with E-state index in [9.17, 15) is 5.11 Å². The number of nitrogens with one attached hydrogen (secondary N) is 1. The first-order chi connectivity index (χ1) is 8.68. The second-order valence-corrected chi connectivity index (χ2v) is 6.78. The molecule has 18 heavy (non-hydrogen) atoms. The van der Waals surface area contributed by atoms with Crippen LogP contribution < -0.4 is 5.32 Å². The van der Waals surface area contributed by atoms with Gasteiger partial charge in [0.25, 0.3) is 0 Å². The Kier molecular flexibility index (Phi) is 9.11. The lowest BCUT2D eigenvalue weighted by Crippen LogP contribution is -2.39. The Morgan fingerprint density at radius 1 is 1.33 bits per heavy atom. The highest BCUT2D eigenvalue weighted by atomic mass is 32.2. The molecule has 4 heteroatoms. The fraction of sp³-hybridized carbons (Fsp3) is 1.00. The first kappa shape index (κ1) is 16.3. The zero-order chi connectivity index (χ0) is 13.2. The van der Waals surface area contributed by atoms with Crippen molar-refractivity contribution in [3.05, 3.63) is 0 Å². The van der Waals surface area contributed by atoms with Gasteiger partial charge in [-0.15, -0.1) is 0 Å². The van der Waals surface area contributed by atoms with Gasteiger partial charge in [-0.05, 0) is 43.1 Å². The zero-order valence-electron chi connectivity index (χ0n) is 11.9. The van der Waals surface area contributed by atoms with E-state index >= 15 is 0 Å². The highest BCUT2D eigenvalue weighted by Gasteiger charge is 2.14. The molecular weight excluding hydrogens is 246 g/mol. The summed E-state index contributed by atoms with van der Waals surface area (Å²) in [7, 11) is 0. The maximum absolute atomic E-state index is 9.80. The number of ether oxygens (including phenoxy) is 1. The van der Waals surface area contributed by atoms with Crippen molar-refractivity contribution in [2.24, 2.45) is 5.92 Å². The molecule has 0 aromatic carbocycles. The van der Waals surface area contributed by atoms with Gasteiger partial charge in [-0.1, -0.05) is 13.8 Å². The van der Waals surface area contributed by atoms with Gasteiger partial charge in [0.2, 0.25) is 0 Å². The molecule has 1 aliphatic heterocycles. The van der Waals surface area contributed by atoms with Gasteiger partial charge < -0.3 is 15.2 Å². The highest BCUT2D eigenvalue weighted by Crippen LogP contribution is 2.16. The van der Waals surface area contributed by atoms with Gasteiger partial charge in [0, 0.05) is 19.2 Å². The molecular formula is C14H29NO2S. The van der Waals surface area contributed by atoms with Crippen molar-refractivity contribution < 1.29 is 9.84 Å². The summed E-state index contributed by atoms with van der Waals surface area (Å²) in [6.45, 7) is 6.35. The molecule has 0 amide bonds. The van der Waals surface area contributed by atoms with Crippen LogP contribution in [0.3, 0.4) is 0 Å². The van der Waals surface area contributed by atoms with Crippen molar-refractivity contribution in [1.82, 2.24) is 5.32 Å². The number of aliphatic hydroxyl groups excluding tert-OH is 1. The van der Waals surface area contributed by atoms with E-state index in [1.807, 2.05) is 11.8 Å². The van der Waals surface area contributed by atoms with E-state index in [2.05, 4.69) is 19.2 Å². The summed E-state index contributed by atoms with van der Waals surface area (Å²) in [4.78, 5) is 0. The fourth-order valence-electron chi connectivity index (χ4n) is 2.08. The monoisotopic (exact) mass is 275 g/mol. The fourth-order valence-corrected chi connectivity index (χ4v) is 3.18. The first-order valence-electron chi connectivity index (χ1n) is 7.25. The zero-order valence-corrected chi connectivity index (χ0v) is 12.7. The van der Waals surface area contributed by atoms with Crippen LogP contribution in [-0.4, -0.2) is 48.5 Å². The maximum Gasteiger partial charge on any atom is 0.0897 e. The third-order valence-corrected chi connectivity index (χ3v) is 4.29. The minimum Gasteiger partial charge on any atom is -0.389 e. The Bertz CT molecular complexity index is 196. The van der Waals surface area contributed by atoms with Crippen LogP contribution in [0.2, 0.25) is 0 Å². The Labute approximate surface area is 116 Å². The van der Waals surface area contributed by atoms with E-state index in [0.717, 1.165) is 18.9 Å². The minimum atomic E-state index is -0.362. The average Bonchev–Trinajstić information content (AvgIpc) is 2.37. The number of aliphatic hydroxyl groups is 1. The second kappa shape index (κ2) is 10.1. The molecule has 1 aliphatic rings. The van der Waals surface area contributed by atoms with Gasteiger partial charge in [0.15, 0.2) is 0 Å². The van der Waals surface area contributed by atoms with Crippen molar-refractivity contribution >= 4 is 11.8 Å². The Hall–Kier alpha value is 0.230. The van der Waals surface area contributed by atoms with Crippen molar-refractivity contribution in [2.45, 2.75) is 51.7 Å². The molecule has 1 rings (SSSR count). The summed E-state index contributed by atoms with van der Waals surface area (Å²) < 4.78 is 5.49. The van der Waals surface area contributed by atoms with E-state index in [1.54, 1.807) is 0 Å². The molecule has 1 unspecified atom stereocenters. The lowest BCUT2D eigenvalue weighted by molar-refractivity contribution is 0.0333. The summed E-state index contributed by atoms with van der Waals surface area (Å²) >= 11 is 2.03. The van der Waals surface area contributed by atoms with Crippen LogP contribution in [0.5, 0.6) is 0 Å². The molecule has 1 saturated heterocycles. The van der Waals surface area contributed by atoms with Crippen LogP contribution in [0.4, 0.5) is 0 Å². The lowest BCUT2D eigenvalue weighted by atomic mass is 10.1. The van der Waals surface area contributed by atoms with Gasteiger partial charge in [-0.3, -0.25) is 0 Å². The SMILES string of the molecule is CC(C)CCCOCC(O)CNC1CCSCC1. The van der Waals surface area contributed by atoms with Crippen molar-refractivity contribution in [3.8, 4) is 0 Å². The first-order valence-corrected chi connectivity index (χ1v) is 8.41. The summed E-state index contributed by atoms with van der Waals surface area (Å²) in [5, 5.41) is 13.2. The molecule has 1 heterocycles. The molecule has 0 aromatic rings. The van der Waals surface area contributed by atoms with E-state index < -0.39 is 0 Å². The Morgan fingerprint density at radius 2 is 2.06 bits per heavy atom. The van der Waals surface area contributed by atoms with E-state index in [-0.39, 0.29) is 6.10 Å². The second-order valence-electron chi connectivity index (χ2n) is 5.56. The molecule has 3 nitrogen and oxygen atoms in total. The van der Waals surface area contributed by atoms with Crippen LogP contribution in [-0.2, 0) is 4.74 Å².